The zero-order valence-electron chi connectivity index (χ0n) is 10.5. The number of carbonyl (C=O) groups is 1. The lowest BCUT2D eigenvalue weighted by atomic mass is 9.95. The summed E-state index contributed by atoms with van der Waals surface area (Å²) in [4.78, 5) is 11.2. The van der Waals surface area contributed by atoms with Gasteiger partial charge < -0.3 is 5.11 Å². The van der Waals surface area contributed by atoms with Crippen molar-refractivity contribution in [2.75, 3.05) is 11.5 Å². The fourth-order valence-electron chi connectivity index (χ4n) is 3.07. The first kappa shape index (κ1) is 12.7. The Hall–Kier alpha value is -1.37. The molecule has 1 saturated heterocycles. The molecule has 7 heteroatoms. The molecule has 0 unspecified atom stereocenters. The van der Waals surface area contributed by atoms with Gasteiger partial charge in [-0.05, 0) is 32.1 Å². The van der Waals surface area contributed by atoms with E-state index < -0.39 is 15.8 Å². The first-order valence-electron chi connectivity index (χ1n) is 6.52. The lowest BCUT2D eigenvalue weighted by molar-refractivity contribution is 0.0688. The maximum absolute atomic E-state index is 11.6. The molecule has 1 atom stereocenters. The molecule has 1 fully saturated rings. The van der Waals surface area contributed by atoms with Gasteiger partial charge in [0.25, 0.3) is 0 Å². The van der Waals surface area contributed by atoms with Crippen LogP contribution in [0.5, 0.6) is 0 Å². The van der Waals surface area contributed by atoms with E-state index >= 15 is 0 Å². The summed E-state index contributed by atoms with van der Waals surface area (Å²) in [6.07, 6.45) is 4.05. The van der Waals surface area contributed by atoms with Crippen molar-refractivity contribution in [1.82, 2.24) is 9.78 Å². The van der Waals surface area contributed by atoms with Crippen molar-refractivity contribution < 1.29 is 18.3 Å². The minimum atomic E-state index is -2.99. The average molecular weight is 284 g/mol. The number of aromatic carboxylic acids is 1. The fourth-order valence-corrected chi connectivity index (χ4v) is 4.76. The Labute approximate surface area is 111 Å². The Morgan fingerprint density at radius 2 is 2.05 bits per heavy atom. The monoisotopic (exact) mass is 284 g/mol. The van der Waals surface area contributed by atoms with Crippen LogP contribution < -0.4 is 0 Å². The van der Waals surface area contributed by atoms with Crippen molar-refractivity contribution in [1.29, 1.82) is 0 Å². The molecule has 1 aliphatic carbocycles. The van der Waals surface area contributed by atoms with Crippen molar-refractivity contribution >= 4 is 15.8 Å². The number of hydrogen-bond acceptors (Lipinski definition) is 4. The summed E-state index contributed by atoms with van der Waals surface area (Å²) in [5, 5.41) is 13.4. The lowest BCUT2D eigenvalue weighted by Gasteiger charge is -2.17. The summed E-state index contributed by atoms with van der Waals surface area (Å²) < 4.78 is 24.8. The third-order valence-electron chi connectivity index (χ3n) is 3.97. The number of fused-ring (bicyclic) bond motifs is 1. The Bertz CT molecular complexity index is 632. The SMILES string of the molecule is O=C(O)c1nn([C@@H]2CCS(=O)(=O)C2)c2c1CCCC2. The number of sulfone groups is 1. The summed E-state index contributed by atoms with van der Waals surface area (Å²) in [6.45, 7) is 0. The lowest BCUT2D eigenvalue weighted by Crippen LogP contribution is -2.17. The fraction of sp³-hybridized carbons (Fsp3) is 0.667. The van der Waals surface area contributed by atoms with Gasteiger partial charge in [-0.1, -0.05) is 0 Å². The summed E-state index contributed by atoms with van der Waals surface area (Å²) in [5.41, 5.74) is 1.85. The standard InChI is InChI=1S/C12H16N2O4S/c15-12(16)11-9-3-1-2-4-10(9)14(13-11)8-5-6-19(17,18)7-8/h8H,1-7H2,(H,15,16)/t8-/m1/s1. The van der Waals surface area contributed by atoms with Crippen LogP contribution in [-0.4, -0.2) is 40.8 Å². The van der Waals surface area contributed by atoms with Gasteiger partial charge >= 0.3 is 5.97 Å². The number of aromatic nitrogens is 2. The van der Waals surface area contributed by atoms with Crippen molar-refractivity contribution in [2.24, 2.45) is 0 Å². The molecule has 1 aliphatic heterocycles. The zero-order valence-corrected chi connectivity index (χ0v) is 11.3. The van der Waals surface area contributed by atoms with Crippen LogP contribution in [0.25, 0.3) is 0 Å². The molecule has 1 aromatic heterocycles. The van der Waals surface area contributed by atoms with E-state index in [4.69, 9.17) is 0 Å². The van der Waals surface area contributed by atoms with Gasteiger partial charge in [0, 0.05) is 11.3 Å². The summed E-state index contributed by atoms with van der Waals surface area (Å²) >= 11 is 0. The number of carboxylic acid groups (broad SMARTS) is 1. The van der Waals surface area contributed by atoms with Gasteiger partial charge in [0.2, 0.25) is 0 Å². The quantitative estimate of drug-likeness (QED) is 0.868. The summed E-state index contributed by atoms with van der Waals surface area (Å²) in [6, 6.07) is -0.190. The Kier molecular flexibility index (Phi) is 2.88. The predicted octanol–water partition coefficient (Wildman–Crippen LogP) is 0.820. The highest BCUT2D eigenvalue weighted by molar-refractivity contribution is 7.91. The van der Waals surface area contributed by atoms with Crippen LogP contribution in [0.3, 0.4) is 0 Å². The Morgan fingerprint density at radius 1 is 1.32 bits per heavy atom. The molecule has 1 N–H and O–H groups in total. The van der Waals surface area contributed by atoms with Crippen LogP contribution in [0.2, 0.25) is 0 Å². The Balaban J connectivity index is 2.05. The topological polar surface area (TPSA) is 89.3 Å². The van der Waals surface area contributed by atoms with Crippen LogP contribution in [0, 0.1) is 0 Å². The molecule has 2 aliphatic rings. The van der Waals surface area contributed by atoms with Gasteiger partial charge in [-0.25, -0.2) is 13.2 Å². The molecule has 19 heavy (non-hydrogen) atoms. The number of hydrogen-bond donors (Lipinski definition) is 1. The zero-order chi connectivity index (χ0) is 13.6. The number of rotatable bonds is 2. The number of carboxylic acids is 1. The normalized spacial score (nSPS) is 25.2. The maximum Gasteiger partial charge on any atom is 0.356 e. The van der Waals surface area contributed by atoms with Gasteiger partial charge in [-0.2, -0.15) is 5.10 Å². The van der Waals surface area contributed by atoms with Gasteiger partial charge in [0.15, 0.2) is 15.5 Å². The summed E-state index contributed by atoms with van der Waals surface area (Å²) in [7, 11) is -2.99. The molecule has 0 saturated carbocycles. The Morgan fingerprint density at radius 3 is 2.68 bits per heavy atom. The average Bonchev–Trinajstić information content (AvgIpc) is 2.89. The molecule has 0 bridgehead atoms. The molecule has 0 aromatic carbocycles. The molecular weight excluding hydrogens is 268 g/mol. The van der Waals surface area contributed by atoms with Gasteiger partial charge in [0.1, 0.15) is 0 Å². The van der Waals surface area contributed by atoms with Crippen LogP contribution in [0.4, 0.5) is 0 Å². The minimum absolute atomic E-state index is 0.0835. The minimum Gasteiger partial charge on any atom is -0.476 e. The van der Waals surface area contributed by atoms with Crippen LogP contribution in [0.1, 0.15) is 47.1 Å². The van der Waals surface area contributed by atoms with E-state index in [1.54, 1.807) is 4.68 Å². The molecule has 1 aromatic rings. The molecule has 0 spiro atoms. The van der Waals surface area contributed by atoms with Crippen molar-refractivity contribution in [2.45, 2.75) is 38.1 Å². The molecule has 2 heterocycles. The largest absolute Gasteiger partial charge is 0.476 e. The molecule has 0 amide bonds. The second-order valence-corrected chi connectivity index (χ2v) is 7.52. The van der Waals surface area contributed by atoms with E-state index in [1.807, 2.05) is 0 Å². The number of nitrogens with zero attached hydrogens (tertiary/aromatic N) is 2. The van der Waals surface area contributed by atoms with Crippen LogP contribution >= 0.6 is 0 Å². The van der Waals surface area contributed by atoms with Crippen molar-refractivity contribution in [3.05, 3.63) is 17.0 Å². The second-order valence-electron chi connectivity index (χ2n) is 5.29. The molecule has 6 nitrogen and oxygen atoms in total. The van der Waals surface area contributed by atoms with Gasteiger partial charge in [-0.15, -0.1) is 0 Å². The highest BCUT2D eigenvalue weighted by Crippen LogP contribution is 2.31. The van der Waals surface area contributed by atoms with E-state index in [0.29, 0.717) is 6.42 Å². The van der Waals surface area contributed by atoms with Gasteiger partial charge in [-0.3, -0.25) is 4.68 Å². The molecule has 3 rings (SSSR count). The van der Waals surface area contributed by atoms with Crippen LogP contribution in [0.15, 0.2) is 0 Å². The molecule has 0 radical (unpaired) electrons. The molecule has 104 valence electrons. The summed E-state index contributed by atoms with van der Waals surface area (Å²) in [5.74, 6) is -0.757. The van der Waals surface area contributed by atoms with E-state index in [0.717, 1.165) is 36.9 Å². The third-order valence-corrected chi connectivity index (χ3v) is 5.72. The second kappa shape index (κ2) is 4.33. The van der Waals surface area contributed by atoms with Crippen LogP contribution in [-0.2, 0) is 22.7 Å². The first-order chi connectivity index (χ1) is 8.98. The van der Waals surface area contributed by atoms with E-state index in [9.17, 15) is 18.3 Å². The van der Waals surface area contributed by atoms with Crippen molar-refractivity contribution in [3.8, 4) is 0 Å². The smallest absolute Gasteiger partial charge is 0.356 e. The van der Waals surface area contributed by atoms with Gasteiger partial charge in [0.05, 0.1) is 17.5 Å². The first-order valence-corrected chi connectivity index (χ1v) is 8.34. The van der Waals surface area contributed by atoms with E-state index in [1.165, 1.54) is 0 Å². The van der Waals surface area contributed by atoms with E-state index in [-0.39, 0.29) is 23.2 Å². The highest BCUT2D eigenvalue weighted by Gasteiger charge is 2.34. The molecular formula is C12H16N2O4S. The van der Waals surface area contributed by atoms with Crippen molar-refractivity contribution in [3.63, 3.8) is 0 Å². The predicted molar refractivity (Wildman–Crippen MR) is 68.1 cm³/mol. The maximum atomic E-state index is 11.6. The third kappa shape index (κ3) is 2.16. The highest BCUT2D eigenvalue weighted by atomic mass is 32.2. The van der Waals surface area contributed by atoms with E-state index in [2.05, 4.69) is 5.10 Å².